The number of anilines is 1. The predicted octanol–water partition coefficient (Wildman–Crippen LogP) is 3.58. The van der Waals surface area contributed by atoms with Gasteiger partial charge in [-0.15, -0.1) is 15.7 Å². The smallest absolute Gasteiger partial charge is 0.305 e. The van der Waals surface area contributed by atoms with Crippen LogP contribution in [0, 0.1) is 0 Å². The Kier molecular flexibility index (Phi) is 3.87. The molecule has 2 aromatic rings. The van der Waals surface area contributed by atoms with Gasteiger partial charge in [0.15, 0.2) is 0 Å². The van der Waals surface area contributed by atoms with E-state index < -0.39 is 21.9 Å². The average Bonchev–Trinajstić information content (AvgIpc) is 3.32. The molecule has 5 rings (SSSR count). The molecule has 2 aliphatic carbocycles. The summed E-state index contributed by atoms with van der Waals surface area (Å²) in [5, 5.41) is 4.70. The van der Waals surface area contributed by atoms with Crippen LogP contribution in [0.25, 0.3) is 0 Å². The first-order chi connectivity index (χ1) is 13.0. The number of thiophene rings is 1. The Balaban J connectivity index is 1.48. The van der Waals surface area contributed by atoms with Gasteiger partial charge in [0.05, 0.1) is 10.6 Å². The maximum Gasteiger partial charge on any atom is 0.354 e. The van der Waals surface area contributed by atoms with Gasteiger partial charge in [0.25, 0.3) is 5.91 Å². The molecule has 140 valence electrons. The Hall–Kier alpha value is -2.19. The van der Waals surface area contributed by atoms with Crippen molar-refractivity contribution < 1.29 is 13.8 Å². The molecule has 3 amide bonds. The quantitative estimate of drug-likeness (QED) is 0.765. The summed E-state index contributed by atoms with van der Waals surface area (Å²) in [5.74, 6) is -0.356. The van der Waals surface area contributed by atoms with Crippen molar-refractivity contribution in [2.75, 3.05) is 5.32 Å². The molecule has 1 atom stereocenters. The van der Waals surface area contributed by atoms with Crippen LogP contribution < -0.4 is 10.0 Å². The molecule has 3 aliphatic rings. The van der Waals surface area contributed by atoms with Crippen molar-refractivity contribution in [3.8, 4) is 0 Å². The van der Waals surface area contributed by atoms with E-state index in [1.165, 1.54) is 33.6 Å². The summed E-state index contributed by atoms with van der Waals surface area (Å²) in [6, 6.07) is 3.41. The molecule has 2 heterocycles. The van der Waals surface area contributed by atoms with Crippen LogP contribution in [0.5, 0.6) is 0 Å². The first-order valence-electron chi connectivity index (χ1n) is 9.13. The third kappa shape index (κ3) is 2.87. The van der Waals surface area contributed by atoms with Crippen molar-refractivity contribution in [3.63, 3.8) is 0 Å². The zero-order valence-electron chi connectivity index (χ0n) is 14.7. The Bertz CT molecular complexity index is 1080. The van der Waals surface area contributed by atoms with Crippen LogP contribution in [0.4, 0.5) is 10.5 Å². The lowest BCUT2D eigenvalue weighted by molar-refractivity contribution is 0.0983. The molecule has 1 aromatic carbocycles. The number of carbonyl (C=O) groups excluding carboxylic acids is 2. The van der Waals surface area contributed by atoms with Crippen molar-refractivity contribution in [1.82, 2.24) is 4.72 Å². The third-order valence-corrected chi connectivity index (χ3v) is 8.11. The van der Waals surface area contributed by atoms with Crippen LogP contribution in [-0.4, -0.2) is 16.1 Å². The van der Waals surface area contributed by atoms with Gasteiger partial charge in [-0.3, -0.25) is 9.52 Å². The van der Waals surface area contributed by atoms with Gasteiger partial charge in [0, 0.05) is 5.69 Å². The number of amides is 3. The molecule has 1 aliphatic heterocycles. The van der Waals surface area contributed by atoms with Crippen LogP contribution in [0.1, 0.15) is 50.3 Å². The highest BCUT2D eigenvalue weighted by Crippen LogP contribution is 2.38. The van der Waals surface area contributed by atoms with E-state index in [0.29, 0.717) is 10.4 Å². The molecule has 1 unspecified atom stereocenters. The van der Waals surface area contributed by atoms with Crippen LogP contribution >= 0.6 is 11.3 Å². The lowest BCUT2D eigenvalue weighted by Crippen LogP contribution is -2.36. The number of fused-ring (bicyclic) bond motifs is 3. The summed E-state index contributed by atoms with van der Waals surface area (Å²) in [4.78, 5) is 25.3. The van der Waals surface area contributed by atoms with E-state index in [0.717, 1.165) is 44.2 Å². The molecule has 0 saturated carbocycles. The monoisotopic (exact) mass is 401 g/mol. The van der Waals surface area contributed by atoms with Crippen LogP contribution in [-0.2, 0) is 41.4 Å². The van der Waals surface area contributed by atoms with E-state index in [2.05, 4.69) is 20.5 Å². The Labute approximate surface area is 161 Å². The van der Waals surface area contributed by atoms with Gasteiger partial charge in [-0.05, 0) is 77.8 Å². The van der Waals surface area contributed by atoms with Gasteiger partial charge in [-0.25, -0.2) is 9.00 Å². The number of carbonyl (C=O) groups is 2. The van der Waals surface area contributed by atoms with Gasteiger partial charge < -0.3 is 5.32 Å². The topological polar surface area (TPSA) is 87.6 Å². The van der Waals surface area contributed by atoms with Gasteiger partial charge in [0.2, 0.25) is 0 Å². The maximum atomic E-state index is 13.0. The first-order valence-corrected chi connectivity index (χ1v) is 11.7. The Morgan fingerprint density at radius 3 is 2.52 bits per heavy atom. The number of rotatable bonds is 1. The number of nitrogens with one attached hydrogen (secondary N) is 2. The molecule has 0 radical (unpaired) electrons. The van der Waals surface area contributed by atoms with Crippen LogP contribution in [0.3, 0.4) is 0 Å². The lowest BCUT2D eigenvalue weighted by Gasteiger charge is -2.18. The number of benzene rings is 1. The fourth-order valence-corrected chi connectivity index (χ4v) is 6.90. The number of urea groups is 1. The highest BCUT2D eigenvalue weighted by Gasteiger charge is 2.29. The molecule has 6 nitrogen and oxygen atoms in total. The summed E-state index contributed by atoms with van der Waals surface area (Å²) in [5.41, 5.74) is 6.57. The second-order valence-corrected chi connectivity index (χ2v) is 10.1. The fraction of sp³-hybridized carbons (Fsp3) is 0.368. The highest BCUT2D eigenvalue weighted by atomic mass is 32.2. The molecule has 0 saturated heterocycles. The van der Waals surface area contributed by atoms with E-state index in [9.17, 15) is 13.8 Å². The van der Waals surface area contributed by atoms with E-state index in [-0.39, 0.29) is 5.75 Å². The van der Waals surface area contributed by atoms with Crippen molar-refractivity contribution in [1.29, 1.82) is 0 Å². The second kappa shape index (κ2) is 6.17. The van der Waals surface area contributed by atoms with Gasteiger partial charge >= 0.3 is 6.03 Å². The minimum atomic E-state index is -3.15. The number of hydrogen-bond acceptors (Lipinski definition) is 4. The van der Waals surface area contributed by atoms with Crippen LogP contribution in [0.2, 0.25) is 0 Å². The highest BCUT2D eigenvalue weighted by molar-refractivity contribution is 7.92. The molecule has 8 heteroatoms. The number of nitrogens with zero attached hydrogens (tertiary/aromatic N) is 1. The molecule has 2 N–H and O–H groups in total. The zero-order chi connectivity index (χ0) is 18.6. The van der Waals surface area contributed by atoms with E-state index >= 15 is 0 Å². The van der Waals surface area contributed by atoms with Crippen LogP contribution in [0.15, 0.2) is 21.9 Å². The van der Waals surface area contributed by atoms with Gasteiger partial charge in [0.1, 0.15) is 9.92 Å². The largest absolute Gasteiger partial charge is 0.354 e. The van der Waals surface area contributed by atoms with Crippen molar-refractivity contribution in [2.24, 2.45) is 4.36 Å². The van der Waals surface area contributed by atoms with Gasteiger partial charge in [-0.1, -0.05) is 6.07 Å². The minimum Gasteiger partial charge on any atom is -0.305 e. The predicted molar refractivity (Wildman–Crippen MR) is 106 cm³/mol. The van der Waals surface area contributed by atoms with Crippen molar-refractivity contribution in [2.45, 2.75) is 44.3 Å². The van der Waals surface area contributed by atoms with Crippen molar-refractivity contribution in [3.05, 3.63) is 50.2 Å². The molecule has 0 spiro atoms. The molecule has 1 aromatic heterocycles. The summed E-state index contributed by atoms with van der Waals surface area (Å²) in [7, 11) is -3.15. The average molecular weight is 402 g/mol. The van der Waals surface area contributed by atoms with E-state index in [4.69, 9.17) is 0 Å². The zero-order valence-corrected chi connectivity index (χ0v) is 16.3. The number of hydrogen-bond donors (Lipinski definition) is 2. The SMILES string of the molecule is O=C(N=S1(=O)Cc2ccsc2C(=O)N1)Nc1c2c(cc3c1CCC3)CCC2. The normalized spacial score (nSPS) is 22.6. The standard InChI is InChI=1S/C19H19N3O3S2/c23-18-17-13(7-8-26-17)10-27(25,21-18)22-19(24)20-16-14-5-1-3-11(14)9-12-4-2-6-15(12)16/h7-9H,1-6,10H2,(H2,20,21,22,23,24,25). The fourth-order valence-electron chi connectivity index (χ4n) is 4.37. The molecule has 27 heavy (non-hydrogen) atoms. The minimum absolute atomic E-state index is 0.0655. The molecular weight excluding hydrogens is 382 g/mol. The van der Waals surface area contributed by atoms with E-state index in [1.54, 1.807) is 11.4 Å². The molecule has 0 bridgehead atoms. The van der Waals surface area contributed by atoms with E-state index in [1.807, 2.05) is 0 Å². The summed E-state index contributed by atoms with van der Waals surface area (Å²) < 4.78 is 19.3. The lowest BCUT2D eigenvalue weighted by atomic mass is 9.99. The summed E-state index contributed by atoms with van der Waals surface area (Å²) in [6.45, 7) is 0. The Morgan fingerprint density at radius 2 is 1.81 bits per heavy atom. The second-order valence-electron chi connectivity index (χ2n) is 7.25. The molecular formula is C19H19N3O3S2. The van der Waals surface area contributed by atoms with Gasteiger partial charge in [-0.2, -0.15) is 0 Å². The summed E-state index contributed by atoms with van der Waals surface area (Å²) >= 11 is 1.30. The first kappa shape index (κ1) is 16.9. The van der Waals surface area contributed by atoms with Crippen molar-refractivity contribution >= 4 is 38.9 Å². The Morgan fingerprint density at radius 1 is 1.11 bits per heavy atom. The number of aryl methyl sites for hydroxylation is 2. The summed E-state index contributed by atoms with van der Waals surface area (Å²) in [6.07, 6.45) is 6.15. The third-order valence-electron chi connectivity index (χ3n) is 5.49. The maximum absolute atomic E-state index is 13.0. The molecule has 0 fully saturated rings.